The van der Waals surface area contributed by atoms with Crippen LogP contribution in [0.5, 0.6) is 0 Å². The van der Waals surface area contributed by atoms with Crippen LogP contribution in [0, 0.1) is 0 Å². The van der Waals surface area contributed by atoms with E-state index in [0.29, 0.717) is 25.5 Å². The van der Waals surface area contributed by atoms with Crippen molar-refractivity contribution in [2.24, 2.45) is 7.05 Å². The standard InChI is InChI=1S/C16H26N8O2/c1-12(2)24-14(18-19-20-24)11-23-7-8-26-13(10-23)9-22(4)15-16(25)21(3)6-5-17-15/h5-6,12-13H,7-11H2,1-4H3/t13-/m0/s1. The average molecular weight is 362 g/mol. The van der Waals surface area contributed by atoms with E-state index >= 15 is 0 Å². The maximum atomic E-state index is 12.2. The Labute approximate surface area is 152 Å². The van der Waals surface area contributed by atoms with E-state index in [1.807, 2.05) is 16.6 Å². The fourth-order valence-electron chi connectivity index (χ4n) is 3.09. The van der Waals surface area contributed by atoms with Crippen LogP contribution in [0.3, 0.4) is 0 Å². The Balaban J connectivity index is 1.62. The number of aryl methyl sites for hydroxylation is 1. The highest BCUT2D eigenvalue weighted by atomic mass is 16.5. The molecule has 3 heterocycles. The van der Waals surface area contributed by atoms with Gasteiger partial charge < -0.3 is 14.2 Å². The second-order valence-electron chi connectivity index (χ2n) is 6.91. The molecular formula is C16H26N8O2. The number of aromatic nitrogens is 6. The first kappa shape index (κ1) is 18.5. The smallest absolute Gasteiger partial charge is 0.293 e. The zero-order valence-corrected chi connectivity index (χ0v) is 15.7. The quantitative estimate of drug-likeness (QED) is 0.690. The second kappa shape index (κ2) is 7.92. The highest BCUT2D eigenvalue weighted by Gasteiger charge is 2.24. The van der Waals surface area contributed by atoms with Crippen LogP contribution in [-0.4, -0.2) is 74.1 Å². The first-order valence-corrected chi connectivity index (χ1v) is 8.79. The van der Waals surface area contributed by atoms with Crippen LogP contribution >= 0.6 is 0 Å². The van der Waals surface area contributed by atoms with Gasteiger partial charge in [0.2, 0.25) is 0 Å². The van der Waals surface area contributed by atoms with Gasteiger partial charge in [0, 0.05) is 46.1 Å². The summed E-state index contributed by atoms with van der Waals surface area (Å²) in [5.74, 6) is 1.28. The van der Waals surface area contributed by atoms with Crippen LogP contribution in [0.1, 0.15) is 25.7 Å². The summed E-state index contributed by atoms with van der Waals surface area (Å²) in [6, 6.07) is 0.225. The molecule has 10 nitrogen and oxygen atoms in total. The second-order valence-corrected chi connectivity index (χ2v) is 6.91. The molecular weight excluding hydrogens is 336 g/mol. The van der Waals surface area contributed by atoms with Crippen molar-refractivity contribution in [1.82, 2.24) is 34.7 Å². The number of likely N-dealkylation sites (N-methyl/N-ethyl adjacent to an activating group) is 1. The lowest BCUT2D eigenvalue weighted by molar-refractivity contribution is -0.0277. The molecule has 0 aliphatic carbocycles. The number of rotatable bonds is 6. The molecule has 0 unspecified atom stereocenters. The Bertz CT molecular complexity index is 787. The molecule has 1 aliphatic rings. The van der Waals surface area contributed by atoms with Crippen molar-refractivity contribution >= 4 is 5.82 Å². The highest BCUT2D eigenvalue weighted by Crippen LogP contribution is 2.13. The van der Waals surface area contributed by atoms with Crippen LogP contribution < -0.4 is 10.5 Å². The normalized spacial score (nSPS) is 18.4. The van der Waals surface area contributed by atoms with E-state index in [1.54, 1.807) is 19.4 Å². The average Bonchev–Trinajstić information content (AvgIpc) is 3.06. The van der Waals surface area contributed by atoms with E-state index in [4.69, 9.17) is 4.74 Å². The fraction of sp³-hybridized carbons (Fsp3) is 0.688. The van der Waals surface area contributed by atoms with Gasteiger partial charge in [-0.15, -0.1) is 5.10 Å². The van der Waals surface area contributed by atoms with Crippen molar-refractivity contribution in [3.05, 3.63) is 28.6 Å². The Hall–Kier alpha value is -2.33. The molecule has 2 aromatic heterocycles. The molecule has 1 atom stereocenters. The van der Waals surface area contributed by atoms with Gasteiger partial charge in [0.05, 0.1) is 25.3 Å². The molecule has 10 heteroatoms. The SMILES string of the molecule is CC(C)n1nnnc1CN1CCO[C@@H](CN(C)c2nccn(C)c2=O)C1. The highest BCUT2D eigenvalue weighted by molar-refractivity contribution is 5.34. The van der Waals surface area contributed by atoms with Crippen molar-refractivity contribution in [1.29, 1.82) is 0 Å². The third-order valence-electron chi connectivity index (χ3n) is 4.48. The van der Waals surface area contributed by atoms with Gasteiger partial charge in [0.1, 0.15) is 0 Å². The minimum absolute atomic E-state index is 0.0103. The molecule has 0 amide bonds. The number of tetrazole rings is 1. The van der Waals surface area contributed by atoms with Crippen molar-refractivity contribution < 1.29 is 4.74 Å². The van der Waals surface area contributed by atoms with E-state index in [-0.39, 0.29) is 17.7 Å². The number of anilines is 1. The van der Waals surface area contributed by atoms with E-state index in [9.17, 15) is 4.79 Å². The molecule has 0 spiro atoms. The lowest BCUT2D eigenvalue weighted by Gasteiger charge is -2.34. The summed E-state index contributed by atoms with van der Waals surface area (Å²) in [5.41, 5.74) is -0.112. The number of nitrogens with zero attached hydrogens (tertiary/aromatic N) is 8. The van der Waals surface area contributed by atoms with E-state index in [1.165, 1.54) is 4.57 Å². The Morgan fingerprint density at radius 3 is 3.00 bits per heavy atom. The van der Waals surface area contributed by atoms with Crippen molar-refractivity contribution in [2.45, 2.75) is 32.5 Å². The third kappa shape index (κ3) is 4.07. The summed E-state index contributed by atoms with van der Waals surface area (Å²) in [6.07, 6.45) is 3.27. The first-order valence-electron chi connectivity index (χ1n) is 8.79. The van der Waals surface area contributed by atoms with Gasteiger partial charge in [0.15, 0.2) is 11.6 Å². The molecule has 1 saturated heterocycles. The molecule has 0 bridgehead atoms. The van der Waals surface area contributed by atoms with Gasteiger partial charge in [-0.2, -0.15) is 0 Å². The zero-order chi connectivity index (χ0) is 18.7. The summed E-state index contributed by atoms with van der Waals surface area (Å²) >= 11 is 0. The summed E-state index contributed by atoms with van der Waals surface area (Å²) < 4.78 is 9.26. The Morgan fingerprint density at radius 2 is 2.23 bits per heavy atom. The number of ether oxygens (including phenoxy) is 1. The molecule has 0 saturated carbocycles. The monoisotopic (exact) mass is 362 g/mol. The van der Waals surface area contributed by atoms with Gasteiger partial charge in [-0.05, 0) is 24.3 Å². The summed E-state index contributed by atoms with van der Waals surface area (Å²) in [7, 11) is 3.59. The Morgan fingerprint density at radius 1 is 1.42 bits per heavy atom. The summed E-state index contributed by atoms with van der Waals surface area (Å²) in [4.78, 5) is 20.6. The molecule has 0 aromatic carbocycles. The lowest BCUT2D eigenvalue weighted by Crippen LogP contribution is -2.47. The maximum Gasteiger partial charge on any atom is 0.293 e. The largest absolute Gasteiger partial charge is 0.374 e. The molecule has 26 heavy (non-hydrogen) atoms. The van der Waals surface area contributed by atoms with Gasteiger partial charge >= 0.3 is 0 Å². The van der Waals surface area contributed by atoms with Crippen molar-refractivity contribution in [3.8, 4) is 0 Å². The number of hydrogen-bond acceptors (Lipinski definition) is 8. The van der Waals surface area contributed by atoms with Crippen LogP contribution in [0.25, 0.3) is 0 Å². The van der Waals surface area contributed by atoms with Crippen LogP contribution in [-0.2, 0) is 18.3 Å². The molecule has 3 rings (SSSR count). The van der Waals surface area contributed by atoms with E-state index < -0.39 is 0 Å². The molecule has 0 radical (unpaired) electrons. The number of hydrogen-bond donors (Lipinski definition) is 0. The minimum Gasteiger partial charge on any atom is -0.374 e. The van der Waals surface area contributed by atoms with Crippen LogP contribution in [0.2, 0.25) is 0 Å². The van der Waals surface area contributed by atoms with E-state index in [0.717, 1.165) is 18.9 Å². The predicted octanol–water partition coefficient (Wildman–Crippen LogP) is -0.315. The maximum absolute atomic E-state index is 12.2. The lowest BCUT2D eigenvalue weighted by atomic mass is 10.2. The molecule has 0 N–H and O–H groups in total. The molecule has 142 valence electrons. The fourth-order valence-corrected chi connectivity index (χ4v) is 3.09. The molecule has 1 fully saturated rings. The van der Waals surface area contributed by atoms with Crippen molar-refractivity contribution in [2.75, 3.05) is 38.2 Å². The predicted molar refractivity (Wildman–Crippen MR) is 96.0 cm³/mol. The zero-order valence-electron chi connectivity index (χ0n) is 15.7. The van der Waals surface area contributed by atoms with Gasteiger partial charge in [-0.3, -0.25) is 9.69 Å². The minimum atomic E-state index is -0.112. The summed E-state index contributed by atoms with van der Waals surface area (Å²) in [5, 5.41) is 12.0. The third-order valence-corrected chi connectivity index (χ3v) is 4.48. The van der Waals surface area contributed by atoms with Crippen LogP contribution in [0.4, 0.5) is 5.82 Å². The van der Waals surface area contributed by atoms with Crippen molar-refractivity contribution in [3.63, 3.8) is 0 Å². The molecule has 2 aromatic rings. The first-order chi connectivity index (χ1) is 12.5. The van der Waals surface area contributed by atoms with Gasteiger partial charge in [-0.1, -0.05) is 0 Å². The molecule has 1 aliphatic heterocycles. The van der Waals surface area contributed by atoms with E-state index in [2.05, 4.69) is 39.3 Å². The summed E-state index contributed by atoms with van der Waals surface area (Å²) in [6.45, 7) is 7.62. The number of morpholine rings is 1. The van der Waals surface area contributed by atoms with Crippen LogP contribution in [0.15, 0.2) is 17.2 Å². The topological polar surface area (TPSA) is 94.2 Å². The van der Waals surface area contributed by atoms with Gasteiger partial charge in [0.25, 0.3) is 5.56 Å². The van der Waals surface area contributed by atoms with Gasteiger partial charge in [-0.25, -0.2) is 9.67 Å². The Kier molecular flexibility index (Phi) is 5.62.